The van der Waals surface area contributed by atoms with Gasteiger partial charge in [-0.3, -0.25) is 9.59 Å². The molecule has 1 atom stereocenters. The van der Waals surface area contributed by atoms with Gasteiger partial charge in [0, 0.05) is 19.5 Å². The van der Waals surface area contributed by atoms with Crippen molar-refractivity contribution in [3.8, 4) is 0 Å². The van der Waals surface area contributed by atoms with Crippen LogP contribution in [0.5, 0.6) is 0 Å². The fourth-order valence-electron chi connectivity index (χ4n) is 2.68. The average molecular weight is 350 g/mol. The maximum absolute atomic E-state index is 12.6. The Kier molecular flexibility index (Phi) is 4.99. The summed E-state index contributed by atoms with van der Waals surface area (Å²) in [4.78, 5) is 28.2. The second kappa shape index (κ2) is 6.98. The maximum Gasteiger partial charge on any atom is 0.247 e. The van der Waals surface area contributed by atoms with Gasteiger partial charge >= 0.3 is 0 Å². The summed E-state index contributed by atoms with van der Waals surface area (Å²) in [5.74, 6) is -0.343. The van der Waals surface area contributed by atoms with Crippen molar-refractivity contribution >= 4 is 45.8 Å². The second-order valence-corrected chi connectivity index (χ2v) is 7.42. The van der Waals surface area contributed by atoms with Crippen LogP contribution in [0.1, 0.15) is 12.0 Å². The Hall–Kier alpha value is -1.44. The summed E-state index contributed by atoms with van der Waals surface area (Å²) < 4.78 is 5.98. The highest BCUT2D eigenvalue weighted by molar-refractivity contribution is 8.23. The van der Waals surface area contributed by atoms with E-state index in [2.05, 4.69) is 0 Å². The molecule has 0 aromatic heterocycles. The SMILES string of the molecule is Cc1cccc(N2C(=O)C[C@@H](SC(=S)N3CCOCC3)C2=O)c1. The van der Waals surface area contributed by atoms with E-state index in [1.807, 2.05) is 30.0 Å². The second-order valence-electron chi connectivity index (χ2n) is 5.58. The number of benzene rings is 1. The average Bonchev–Trinajstić information content (AvgIpc) is 2.82. The number of ether oxygens (including phenoxy) is 1. The third-order valence-corrected chi connectivity index (χ3v) is 5.54. The molecule has 0 unspecified atom stereocenters. The summed E-state index contributed by atoms with van der Waals surface area (Å²) >= 11 is 6.75. The van der Waals surface area contributed by atoms with Gasteiger partial charge in [0.05, 0.1) is 18.9 Å². The highest BCUT2D eigenvalue weighted by Gasteiger charge is 2.41. The molecule has 122 valence electrons. The zero-order valence-electron chi connectivity index (χ0n) is 12.9. The molecule has 7 heteroatoms. The lowest BCUT2D eigenvalue weighted by atomic mass is 10.2. The summed E-state index contributed by atoms with van der Waals surface area (Å²) in [5, 5.41) is -0.432. The summed E-state index contributed by atoms with van der Waals surface area (Å²) in [6, 6.07) is 7.43. The molecule has 23 heavy (non-hydrogen) atoms. The largest absolute Gasteiger partial charge is 0.378 e. The van der Waals surface area contributed by atoms with Crippen LogP contribution in [0.3, 0.4) is 0 Å². The third kappa shape index (κ3) is 3.57. The van der Waals surface area contributed by atoms with E-state index in [0.29, 0.717) is 23.2 Å². The number of carbonyl (C=O) groups excluding carboxylic acids is 2. The number of nitrogens with zero attached hydrogens (tertiary/aromatic N) is 2. The van der Waals surface area contributed by atoms with Crippen molar-refractivity contribution in [1.82, 2.24) is 4.90 Å². The molecule has 1 aromatic carbocycles. The molecule has 5 nitrogen and oxygen atoms in total. The molecule has 2 amide bonds. The van der Waals surface area contributed by atoms with E-state index in [4.69, 9.17) is 17.0 Å². The molecule has 2 saturated heterocycles. The van der Waals surface area contributed by atoms with E-state index in [1.54, 1.807) is 6.07 Å². The number of thiocarbonyl (C=S) groups is 1. The van der Waals surface area contributed by atoms with Gasteiger partial charge in [-0.25, -0.2) is 4.90 Å². The van der Waals surface area contributed by atoms with Crippen molar-refractivity contribution in [3.05, 3.63) is 29.8 Å². The van der Waals surface area contributed by atoms with Crippen LogP contribution in [0.4, 0.5) is 5.69 Å². The molecule has 2 aliphatic heterocycles. The molecule has 0 saturated carbocycles. The first kappa shape index (κ1) is 16.4. The van der Waals surface area contributed by atoms with E-state index >= 15 is 0 Å². The van der Waals surface area contributed by atoms with Crippen molar-refractivity contribution in [1.29, 1.82) is 0 Å². The molecular formula is C16H18N2O3S2. The molecule has 0 spiro atoms. The zero-order valence-corrected chi connectivity index (χ0v) is 14.5. The summed E-state index contributed by atoms with van der Waals surface area (Å²) in [6.45, 7) is 4.71. The Balaban J connectivity index is 1.69. The highest BCUT2D eigenvalue weighted by atomic mass is 32.2. The van der Waals surface area contributed by atoms with Gasteiger partial charge in [-0.15, -0.1) is 0 Å². The number of morpholine rings is 1. The number of anilines is 1. The van der Waals surface area contributed by atoms with Crippen molar-refractivity contribution in [2.24, 2.45) is 0 Å². The number of carbonyl (C=O) groups is 2. The highest BCUT2D eigenvalue weighted by Crippen LogP contribution is 2.31. The van der Waals surface area contributed by atoms with E-state index in [-0.39, 0.29) is 18.2 Å². The van der Waals surface area contributed by atoms with E-state index < -0.39 is 5.25 Å². The number of aryl methyl sites for hydroxylation is 1. The standard InChI is InChI=1S/C16H18N2O3S2/c1-11-3-2-4-12(9-11)18-14(19)10-13(15(18)20)23-16(22)17-5-7-21-8-6-17/h2-4,9,13H,5-8,10H2,1H3/t13-/m1/s1. The van der Waals surface area contributed by atoms with Crippen LogP contribution < -0.4 is 4.90 Å². The molecule has 0 aliphatic carbocycles. The molecule has 2 fully saturated rings. The number of rotatable bonds is 2. The Morgan fingerprint density at radius 3 is 2.74 bits per heavy atom. The molecule has 3 rings (SSSR count). The number of hydrogen-bond acceptors (Lipinski definition) is 5. The lowest BCUT2D eigenvalue weighted by Gasteiger charge is -2.29. The van der Waals surface area contributed by atoms with E-state index in [0.717, 1.165) is 18.7 Å². The van der Waals surface area contributed by atoms with Crippen LogP contribution in [0.25, 0.3) is 0 Å². The van der Waals surface area contributed by atoms with Crippen LogP contribution in [-0.2, 0) is 14.3 Å². The molecule has 0 bridgehead atoms. The predicted octanol–water partition coefficient (Wildman–Crippen LogP) is 1.98. The van der Waals surface area contributed by atoms with E-state index in [1.165, 1.54) is 16.7 Å². The topological polar surface area (TPSA) is 49.9 Å². The van der Waals surface area contributed by atoms with Crippen molar-refractivity contribution in [3.63, 3.8) is 0 Å². The fourth-order valence-corrected chi connectivity index (χ4v) is 4.21. The quantitative estimate of drug-likeness (QED) is 0.600. The maximum atomic E-state index is 12.6. The van der Waals surface area contributed by atoms with Gasteiger partial charge < -0.3 is 9.64 Å². The van der Waals surface area contributed by atoms with Crippen LogP contribution in [-0.4, -0.2) is 52.6 Å². The molecule has 1 aromatic rings. The molecular weight excluding hydrogens is 332 g/mol. The Bertz CT molecular complexity index is 644. The molecule has 0 radical (unpaired) electrons. The Morgan fingerprint density at radius 1 is 1.30 bits per heavy atom. The minimum atomic E-state index is -0.432. The minimum Gasteiger partial charge on any atom is -0.378 e. The first-order chi connectivity index (χ1) is 11.1. The van der Waals surface area contributed by atoms with Crippen LogP contribution in [0.2, 0.25) is 0 Å². The van der Waals surface area contributed by atoms with Crippen LogP contribution in [0.15, 0.2) is 24.3 Å². The number of amides is 2. The van der Waals surface area contributed by atoms with Crippen LogP contribution >= 0.6 is 24.0 Å². The number of thioether (sulfide) groups is 1. The van der Waals surface area contributed by atoms with Gasteiger partial charge in [-0.2, -0.15) is 0 Å². The molecule has 0 N–H and O–H groups in total. The third-order valence-electron chi connectivity index (χ3n) is 3.88. The van der Waals surface area contributed by atoms with Gasteiger partial charge in [-0.05, 0) is 24.6 Å². The minimum absolute atomic E-state index is 0.164. The smallest absolute Gasteiger partial charge is 0.247 e. The molecule has 2 aliphatic rings. The monoisotopic (exact) mass is 350 g/mol. The van der Waals surface area contributed by atoms with Gasteiger partial charge in [-0.1, -0.05) is 36.1 Å². The van der Waals surface area contributed by atoms with Gasteiger partial charge in [0.15, 0.2) is 0 Å². The number of hydrogen-bond donors (Lipinski definition) is 0. The normalized spacial score (nSPS) is 21.9. The van der Waals surface area contributed by atoms with E-state index in [9.17, 15) is 9.59 Å². The fraction of sp³-hybridized carbons (Fsp3) is 0.438. The van der Waals surface area contributed by atoms with Gasteiger partial charge in [0.25, 0.3) is 0 Å². The Morgan fingerprint density at radius 2 is 2.04 bits per heavy atom. The van der Waals surface area contributed by atoms with Crippen molar-refractivity contribution in [2.45, 2.75) is 18.6 Å². The van der Waals surface area contributed by atoms with Crippen molar-refractivity contribution < 1.29 is 14.3 Å². The summed E-state index contributed by atoms with van der Waals surface area (Å²) in [7, 11) is 0. The van der Waals surface area contributed by atoms with Gasteiger partial charge in [0.2, 0.25) is 11.8 Å². The van der Waals surface area contributed by atoms with Crippen molar-refractivity contribution in [2.75, 3.05) is 31.2 Å². The van der Waals surface area contributed by atoms with Gasteiger partial charge in [0.1, 0.15) is 9.57 Å². The lowest BCUT2D eigenvalue weighted by Crippen LogP contribution is -2.39. The molecule has 2 heterocycles. The first-order valence-corrected chi connectivity index (χ1v) is 8.82. The lowest BCUT2D eigenvalue weighted by molar-refractivity contribution is -0.121. The predicted molar refractivity (Wildman–Crippen MR) is 94.7 cm³/mol. The first-order valence-electron chi connectivity index (χ1n) is 7.53. The Labute approximate surface area is 145 Å². The number of imide groups is 1. The summed E-state index contributed by atoms with van der Waals surface area (Å²) in [5.41, 5.74) is 1.66. The zero-order chi connectivity index (χ0) is 16.4. The van der Waals surface area contributed by atoms with Crippen LogP contribution in [0, 0.1) is 6.92 Å². The summed E-state index contributed by atoms with van der Waals surface area (Å²) in [6.07, 6.45) is 0.196.